The number of benzene rings is 1. The zero-order valence-electron chi connectivity index (χ0n) is 17.4. The average molecular weight is 409 g/mol. The van der Waals surface area contributed by atoms with E-state index in [4.69, 9.17) is 0 Å². The first-order valence-electron chi connectivity index (χ1n) is 10.4. The molecule has 1 aliphatic heterocycles. The van der Waals surface area contributed by atoms with Gasteiger partial charge in [-0.3, -0.25) is 4.79 Å². The smallest absolute Gasteiger partial charge is 0.275 e. The number of quaternary nitrogens is 1. The van der Waals surface area contributed by atoms with Gasteiger partial charge in [0.25, 0.3) is 5.91 Å². The van der Waals surface area contributed by atoms with Crippen LogP contribution < -0.4 is 10.2 Å². The molecule has 2 aliphatic rings. The predicted octanol–water partition coefficient (Wildman–Crippen LogP) is 0.759. The molecule has 0 spiro atoms. The van der Waals surface area contributed by atoms with Crippen LogP contribution >= 0.6 is 0 Å². The first-order chi connectivity index (χ1) is 13.1. The third-order valence-corrected chi connectivity index (χ3v) is 7.43. The number of aryl methyl sites for hydroxylation is 2. The van der Waals surface area contributed by atoms with Gasteiger partial charge in [0, 0.05) is 18.5 Å². The third-order valence-electron chi connectivity index (χ3n) is 5.54. The SMILES string of the molecule is CC(C)(C)NC(=O)C[NH+]1CCCN(S(=O)(=O)c2ccc3c(c2)CCCC3)CC1. The maximum absolute atomic E-state index is 13.2. The van der Waals surface area contributed by atoms with Crippen LogP contribution in [0.1, 0.15) is 51.2 Å². The molecule has 1 aromatic rings. The maximum Gasteiger partial charge on any atom is 0.275 e. The topological polar surface area (TPSA) is 70.9 Å². The van der Waals surface area contributed by atoms with Crippen LogP contribution in [0.4, 0.5) is 0 Å². The summed E-state index contributed by atoms with van der Waals surface area (Å²) in [6.07, 6.45) is 5.11. The van der Waals surface area contributed by atoms with Gasteiger partial charge >= 0.3 is 0 Å². The molecule has 0 aromatic heterocycles. The number of fused-ring (bicyclic) bond motifs is 1. The summed E-state index contributed by atoms with van der Waals surface area (Å²) < 4.78 is 28.0. The first kappa shape index (κ1) is 21.3. The lowest BCUT2D eigenvalue weighted by molar-refractivity contribution is -0.889. The fourth-order valence-corrected chi connectivity index (χ4v) is 5.68. The van der Waals surface area contributed by atoms with Gasteiger partial charge < -0.3 is 10.2 Å². The maximum atomic E-state index is 13.2. The van der Waals surface area contributed by atoms with Crippen LogP contribution in [0.2, 0.25) is 0 Å². The molecule has 1 aliphatic carbocycles. The molecule has 1 atom stereocenters. The summed E-state index contributed by atoms with van der Waals surface area (Å²) in [4.78, 5) is 13.8. The predicted molar refractivity (Wildman–Crippen MR) is 110 cm³/mol. The Labute approximate surface area is 169 Å². The first-order valence-corrected chi connectivity index (χ1v) is 11.9. The van der Waals surface area contributed by atoms with E-state index >= 15 is 0 Å². The highest BCUT2D eigenvalue weighted by Gasteiger charge is 2.30. The van der Waals surface area contributed by atoms with Gasteiger partial charge in [-0.1, -0.05) is 6.07 Å². The molecule has 1 fully saturated rings. The van der Waals surface area contributed by atoms with E-state index in [1.165, 1.54) is 17.5 Å². The number of amides is 1. The van der Waals surface area contributed by atoms with Crippen molar-refractivity contribution in [1.82, 2.24) is 9.62 Å². The second kappa shape index (κ2) is 8.51. The lowest BCUT2D eigenvalue weighted by Crippen LogP contribution is -3.13. The van der Waals surface area contributed by atoms with E-state index in [1.807, 2.05) is 32.9 Å². The van der Waals surface area contributed by atoms with Crippen molar-refractivity contribution in [3.63, 3.8) is 0 Å². The Kier molecular flexibility index (Phi) is 6.47. The molecular weight excluding hydrogens is 374 g/mol. The van der Waals surface area contributed by atoms with Crippen molar-refractivity contribution in [1.29, 1.82) is 0 Å². The Hall–Kier alpha value is -1.44. The van der Waals surface area contributed by atoms with Crippen molar-refractivity contribution in [2.75, 3.05) is 32.7 Å². The Morgan fingerprint density at radius 2 is 1.79 bits per heavy atom. The molecule has 1 amide bonds. The Balaban J connectivity index is 1.65. The molecule has 3 rings (SSSR count). The number of rotatable bonds is 4. The minimum Gasteiger partial charge on any atom is -0.347 e. The second-order valence-electron chi connectivity index (χ2n) is 9.12. The van der Waals surface area contributed by atoms with E-state index in [1.54, 1.807) is 10.4 Å². The molecule has 7 heteroatoms. The summed E-state index contributed by atoms with van der Waals surface area (Å²) in [5.74, 6) is 0.0218. The van der Waals surface area contributed by atoms with Crippen LogP contribution in [0.15, 0.2) is 23.1 Å². The summed E-state index contributed by atoms with van der Waals surface area (Å²) in [5.41, 5.74) is 2.24. The van der Waals surface area contributed by atoms with Crippen LogP contribution in [-0.2, 0) is 27.7 Å². The van der Waals surface area contributed by atoms with Gasteiger partial charge in [0.1, 0.15) is 0 Å². The minimum absolute atomic E-state index is 0.0218. The van der Waals surface area contributed by atoms with Crippen molar-refractivity contribution in [2.24, 2.45) is 0 Å². The van der Waals surface area contributed by atoms with Crippen LogP contribution in [0.5, 0.6) is 0 Å². The summed E-state index contributed by atoms with van der Waals surface area (Å²) in [6, 6.07) is 5.65. The fourth-order valence-electron chi connectivity index (χ4n) is 4.15. The monoisotopic (exact) mass is 408 g/mol. The van der Waals surface area contributed by atoms with Gasteiger partial charge in [-0.05, 0) is 69.7 Å². The number of carbonyl (C=O) groups is 1. The molecule has 28 heavy (non-hydrogen) atoms. The van der Waals surface area contributed by atoms with Crippen molar-refractivity contribution in [2.45, 2.75) is 63.3 Å². The molecular formula is C21H34N3O3S+. The minimum atomic E-state index is -3.48. The largest absolute Gasteiger partial charge is 0.347 e. The van der Waals surface area contributed by atoms with Crippen molar-refractivity contribution >= 4 is 15.9 Å². The summed E-state index contributed by atoms with van der Waals surface area (Å²) in [5, 5.41) is 2.99. The van der Waals surface area contributed by atoms with E-state index in [2.05, 4.69) is 5.32 Å². The van der Waals surface area contributed by atoms with Gasteiger partial charge in [0.15, 0.2) is 6.54 Å². The highest BCUT2D eigenvalue weighted by atomic mass is 32.2. The molecule has 156 valence electrons. The molecule has 2 N–H and O–H groups in total. The van der Waals surface area contributed by atoms with Gasteiger partial charge in [-0.2, -0.15) is 4.31 Å². The van der Waals surface area contributed by atoms with Crippen molar-refractivity contribution in [3.8, 4) is 0 Å². The average Bonchev–Trinajstić information content (AvgIpc) is 2.85. The number of sulfonamides is 1. The third kappa shape index (κ3) is 5.33. The Morgan fingerprint density at radius 3 is 2.50 bits per heavy atom. The lowest BCUT2D eigenvalue weighted by Gasteiger charge is -2.23. The van der Waals surface area contributed by atoms with E-state index in [9.17, 15) is 13.2 Å². The van der Waals surface area contributed by atoms with Crippen LogP contribution in [-0.4, -0.2) is 56.9 Å². The zero-order chi connectivity index (χ0) is 20.4. The molecule has 1 saturated heterocycles. The molecule has 6 nitrogen and oxygen atoms in total. The van der Waals surface area contributed by atoms with E-state index in [0.29, 0.717) is 31.1 Å². The van der Waals surface area contributed by atoms with Gasteiger partial charge in [-0.25, -0.2) is 8.42 Å². The van der Waals surface area contributed by atoms with Gasteiger partial charge in [0.05, 0.1) is 24.5 Å². The summed E-state index contributed by atoms with van der Waals surface area (Å²) in [6.45, 7) is 8.74. The highest BCUT2D eigenvalue weighted by molar-refractivity contribution is 7.89. The number of nitrogens with one attached hydrogen (secondary N) is 2. The zero-order valence-corrected chi connectivity index (χ0v) is 18.2. The fraction of sp³-hybridized carbons (Fsp3) is 0.667. The number of carbonyl (C=O) groups excluding carboxylic acids is 1. The number of hydrogen-bond donors (Lipinski definition) is 2. The summed E-state index contributed by atoms with van der Waals surface area (Å²) in [7, 11) is -3.48. The van der Waals surface area contributed by atoms with E-state index in [0.717, 1.165) is 37.1 Å². The molecule has 1 heterocycles. The molecule has 1 aromatic carbocycles. The normalized spacial score (nSPS) is 21.6. The molecule has 0 bridgehead atoms. The lowest BCUT2D eigenvalue weighted by atomic mass is 9.92. The Morgan fingerprint density at radius 1 is 1.07 bits per heavy atom. The Bertz CT molecular complexity index is 815. The molecule has 0 radical (unpaired) electrons. The number of nitrogens with zero attached hydrogens (tertiary/aromatic N) is 1. The van der Waals surface area contributed by atoms with Crippen LogP contribution in [0.25, 0.3) is 0 Å². The van der Waals surface area contributed by atoms with Crippen molar-refractivity contribution in [3.05, 3.63) is 29.3 Å². The van der Waals surface area contributed by atoms with E-state index in [-0.39, 0.29) is 11.4 Å². The van der Waals surface area contributed by atoms with Crippen LogP contribution in [0.3, 0.4) is 0 Å². The molecule has 1 unspecified atom stereocenters. The van der Waals surface area contributed by atoms with E-state index < -0.39 is 10.0 Å². The second-order valence-corrected chi connectivity index (χ2v) is 11.1. The van der Waals surface area contributed by atoms with Crippen molar-refractivity contribution < 1.29 is 18.1 Å². The summed E-state index contributed by atoms with van der Waals surface area (Å²) >= 11 is 0. The van der Waals surface area contributed by atoms with Crippen LogP contribution in [0, 0.1) is 0 Å². The number of hydrogen-bond acceptors (Lipinski definition) is 3. The van der Waals surface area contributed by atoms with Gasteiger partial charge in [-0.15, -0.1) is 0 Å². The standard InChI is InChI=1S/C21H33N3O3S/c1-21(2,3)22-20(25)16-23-11-6-12-24(14-13-23)28(26,27)19-10-9-17-7-4-5-8-18(17)15-19/h9-10,15H,4-8,11-14,16H2,1-3H3,(H,22,25)/p+1. The highest BCUT2D eigenvalue weighted by Crippen LogP contribution is 2.25. The van der Waals surface area contributed by atoms with Gasteiger partial charge in [0.2, 0.25) is 10.0 Å². The molecule has 0 saturated carbocycles. The quantitative estimate of drug-likeness (QED) is 0.773.